The van der Waals surface area contributed by atoms with Crippen LogP contribution in [0.4, 0.5) is 11.7 Å². The van der Waals surface area contributed by atoms with Gasteiger partial charge in [0.1, 0.15) is 0 Å². The Morgan fingerprint density at radius 1 is 1.22 bits per heavy atom. The van der Waals surface area contributed by atoms with Crippen molar-refractivity contribution in [3.8, 4) is 0 Å². The topological polar surface area (TPSA) is 63.0 Å². The molecule has 0 aliphatic rings. The summed E-state index contributed by atoms with van der Waals surface area (Å²) < 4.78 is 5.39. The van der Waals surface area contributed by atoms with Gasteiger partial charge < -0.3 is 15.1 Å². The standard InChI is InChI=1S/C11H12Cl2N4O/c1-2-14-6-10-16-17-11(18-10)15-7-3-4-8(12)9(13)5-7/h3-5,14H,2,6H2,1H3,(H,15,17). The second-order valence-corrected chi connectivity index (χ2v) is 4.35. The maximum Gasteiger partial charge on any atom is 0.320 e. The molecule has 18 heavy (non-hydrogen) atoms. The minimum Gasteiger partial charge on any atom is -0.406 e. The summed E-state index contributed by atoms with van der Waals surface area (Å²) in [5.74, 6) is 0.527. The van der Waals surface area contributed by atoms with Gasteiger partial charge in [-0.15, -0.1) is 5.10 Å². The second kappa shape index (κ2) is 6.04. The first-order valence-electron chi connectivity index (χ1n) is 5.44. The fourth-order valence-corrected chi connectivity index (χ4v) is 1.60. The number of nitrogens with one attached hydrogen (secondary N) is 2. The van der Waals surface area contributed by atoms with Gasteiger partial charge in [-0.1, -0.05) is 35.2 Å². The highest BCUT2D eigenvalue weighted by molar-refractivity contribution is 6.42. The van der Waals surface area contributed by atoms with Gasteiger partial charge in [-0.25, -0.2) is 0 Å². The number of aromatic nitrogens is 2. The van der Waals surface area contributed by atoms with Crippen molar-refractivity contribution < 1.29 is 4.42 Å². The van der Waals surface area contributed by atoms with Crippen molar-refractivity contribution in [2.45, 2.75) is 13.5 Å². The molecule has 0 spiro atoms. The molecule has 2 N–H and O–H groups in total. The van der Waals surface area contributed by atoms with E-state index in [1.165, 1.54) is 0 Å². The normalized spacial score (nSPS) is 10.6. The number of rotatable bonds is 5. The lowest BCUT2D eigenvalue weighted by atomic mass is 10.3. The minimum atomic E-state index is 0.321. The number of benzene rings is 1. The first-order chi connectivity index (χ1) is 8.69. The van der Waals surface area contributed by atoms with Crippen molar-refractivity contribution in [2.24, 2.45) is 0 Å². The molecule has 0 radical (unpaired) electrons. The van der Waals surface area contributed by atoms with Crippen molar-refractivity contribution in [2.75, 3.05) is 11.9 Å². The number of anilines is 2. The van der Waals surface area contributed by atoms with E-state index in [2.05, 4.69) is 20.8 Å². The Hall–Kier alpha value is -1.30. The van der Waals surface area contributed by atoms with Crippen LogP contribution in [0.15, 0.2) is 22.6 Å². The summed E-state index contributed by atoms with van der Waals surface area (Å²) in [6, 6.07) is 5.49. The summed E-state index contributed by atoms with van der Waals surface area (Å²) in [5, 5.41) is 14.8. The van der Waals surface area contributed by atoms with Gasteiger partial charge in [0.25, 0.3) is 0 Å². The highest BCUT2D eigenvalue weighted by Gasteiger charge is 2.06. The SMILES string of the molecule is CCNCc1nnc(Nc2ccc(Cl)c(Cl)c2)o1. The van der Waals surface area contributed by atoms with Gasteiger partial charge >= 0.3 is 6.01 Å². The summed E-state index contributed by atoms with van der Waals surface area (Å²) in [7, 11) is 0. The Kier molecular flexibility index (Phi) is 4.41. The van der Waals surface area contributed by atoms with Crippen LogP contribution >= 0.6 is 23.2 Å². The van der Waals surface area contributed by atoms with E-state index in [1.54, 1.807) is 18.2 Å². The lowest BCUT2D eigenvalue weighted by molar-refractivity contribution is 0.484. The van der Waals surface area contributed by atoms with E-state index in [4.69, 9.17) is 27.6 Å². The van der Waals surface area contributed by atoms with Crippen molar-refractivity contribution in [3.63, 3.8) is 0 Å². The molecule has 0 saturated heterocycles. The van der Waals surface area contributed by atoms with Crippen LogP contribution in [0.1, 0.15) is 12.8 Å². The van der Waals surface area contributed by atoms with Crippen molar-refractivity contribution in [3.05, 3.63) is 34.1 Å². The van der Waals surface area contributed by atoms with Crippen molar-refractivity contribution >= 4 is 34.9 Å². The number of hydrogen-bond donors (Lipinski definition) is 2. The van der Waals surface area contributed by atoms with E-state index in [0.29, 0.717) is 28.5 Å². The zero-order chi connectivity index (χ0) is 13.0. The number of halogens is 2. The number of nitrogens with zero attached hydrogens (tertiary/aromatic N) is 2. The van der Waals surface area contributed by atoms with Crippen molar-refractivity contribution in [1.82, 2.24) is 15.5 Å². The van der Waals surface area contributed by atoms with E-state index in [0.717, 1.165) is 12.2 Å². The molecule has 1 heterocycles. The van der Waals surface area contributed by atoms with E-state index >= 15 is 0 Å². The van der Waals surface area contributed by atoms with E-state index in [-0.39, 0.29) is 0 Å². The molecule has 0 fully saturated rings. The highest BCUT2D eigenvalue weighted by atomic mass is 35.5. The average Bonchev–Trinajstić information content (AvgIpc) is 2.79. The molecule has 2 rings (SSSR count). The molecular formula is C11H12Cl2N4O. The average molecular weight is 287 g/mol. The molecule has 0 aliphatic carbocycles. The van der Waals surface area contributed by atoms with Gasteiger partial charge in [-0.3, -0.25) is 0 Å². The molecule has 5 nitrogen and oxygen atoms in total. The first kappa shape index (κ1) is 13.1. The first-order valence-corrected chi connectivity index (χ1v) is 6.20. The van der Waals surface area contributed by atoms with Crippen molar-refractivity contribution in [1.29, 1.82) is 0 Å². The van der Waals surface area contributed by atoms with Gasteiger partial charge in [-0.05, 0) is 24.7 Å². The molecule has 0 bridgehead atoms. The fourth-order valence-electron chi connectivity index (χ4n) is 1.30. The van der Waals surface area contributed by atoms with Gasteiger partial charge in [0.15, 0.2) is 0 Å². The third-order valence-corrected chi connectivity index (χ3v) is 2.90. The molecule has 0 aliphatic heterocycles. The van der Waals surface area contributed by atoms with Gasteiger partial charge in [0.05, 0.1) is 16.6 Å². The third kappa shape index (κ3) is 3.35. The Morgan fingerprint density at radius 3 is 2.78 bits per heavy atom. The second-order valence-electron chi connectivity index (χ2n) is 3.54. The molecule has 2 aromatic rings. The van der Waals surface area contributed by atoms with Crippen LogP contribution in [-0.4, -0.2) is 16.7 Å². The zero-order valence-electron chi connectivity index (χ0n) is 9.70. The maximum absolute atomic E-state index is 5.91. The van der Waals surface area contributed by atoms with Crippen LogP contribution in [0.2, 0.25) is 10.0 Å². The summed E-state index contributed by atoms with van der Waals surface area (Å²) in [4.78, 5) is 0. The quantitative estimate of drug-likeness (QED) is 0.884. The largest absolute Gasteiger partial charge is 0.406 e. The lowest BCUT2D eigenvalue weighted by Crippen LogP contribution is -2.11. The van der Waals surface area contributed by atoms with Crippen LogP contribution in [0.5, 0.6) is 0 Å². The predicted octanol–water partition coefficient (Wildman–Crippen LogP) is 3.23. The fraction of sp³-hybridized carbons (Fsp3) is 0.273. The van der Waals surface area contributed by atoms with Gasteiger partial charge in [0.2, 0.25) is 5.89 Å². The Balaban J connectivity index is 2.04. The molecule has 0 amide bonds. The highest BCUT2D eigenvalue weighted by Crippen LogP contribution is 2.26. The smallest absolute Gasteiger partial charge is 0.320 e. The zero-order valence-corrected chi connectivity index (χ0v) is 11.2. The molecular weight excluding hydrogens is 275 g/mol. The Labute approximate surface area is 114 Å². The summed E-state index contributed by atoms with van der Waals surface area (Å²) in [6.07, 6.45) is 0. The van der Waals surface area contributed by atoms with Crippen LogP contribution in [0, 0.1) is 0 Å². The summed E-state index contributed by atoms with van der Waals surface area (Å²) in [6.45, 7) is 3.40. The van der Waals surface area contributed by atoms with Crippen LogP contribution in [0.25, 0.3) is 0 Å². The summed E-state index contributed by atoms with van der Waals surface area (Å²) in [5.41, 5.74) is 0.739. The molecule has 1 aromatic heterocycles. The Bertz CT molecular complexity index is 530. The van der Waals surface area contributed by atoms with Crippen LogP contribution < -0.4 is 10.6 Å². The van der Waals surface area contributed by atoms with Crippen LogP contribution in [-0.2, 0) is 6.54 Å². The molecule has 0 saturated carbocycles. The third-order valence-electron chi connectivity index (χ3n) is 2.16. The van der Waals surface area contributed by atoms with Crippen LogP contribution in [0.3, 0.4) is 0 Å². The molecule has 7 heteroatoms. The van der Waals surface area contributed by atoms with Gasteiger partial charge in [0, 0.05) is 5.69 Å². The van der Waals surface area contributed by atoms with E-state index in [9.17, 15) is 0 Å². The lowest BCUT2D eigenvalue weighted by Gasteiger charge is -2.02. The monoisotopic (exact) mass is 286 g/mol. The Morgan fingerprint density at radius 2 is 2.06 bits per heavy atom. The van der Waals surface area contributed by atoms with Gasteiger partial charge in [-0.2, -0.15) is 0 Å². The molecule has 0 unspecified atom stereocenters. The minimum absolute atomic E-state index is 0.321. The van der Waals surface area contributed by atoms with E-state index < -0.39 is 0 Å². The number of hydrogen-bond acceptors (Lipinski definition) is 5. The molecule has 0 atom stereocenters. The maximum atomic E-state index is 5.91. The van der Waals surface area contributed by atoms with E-state index in [1.807, 2.05) is 6.92 Å². The predicted molar refractivity (Wildman–Crippen MR) is 71.4 cm³/mol. The molecule has 96 valence electrons. The molecule has 1 aromatic carbocycles. The summed E-state index contributed by atoms with van der Waals surface area (Å²) >= 11 is 11.7.